The summed E-state index contributed by atoms with van der Waals surface area (Å²) in [4.78, 5) is 11.9. The van der Waals surface area contributed by atoms with Crippen LogP contribution in [0.15, 0.2) is 48.5 Å². The summed E-state index contributed by atoms with van der Waals surface area (Å²) < 4.78 is 43.1. The van der Waals surface area contributed by atoms with Crippen LogP contribution in [0.4, 0.5) is 15.8 Å². The van der Waals surface area contributed by atoms with E-state index in [1.807, 2.05) is 0 Å². The molecule has 128 valence electrons. The Balaban J connectivity index is 1.89. The molecular formula is C16H17FN2O4S. The van der Waals surface area contributed by atoms with Crippen LogP contribution < -0.4 is 14.8 Å². The molecule has 8 heteroatoms. The van der Waals surface area contributed by atoms with Crippen molar-refractivity contribution in [2.24, 2.45) is 0 Å². The van der Waals surface area contributed by atoms with E-state index in [4.69, 9.17) is 4.74 Å². The van der Waals surface area contributed by atoms with Crippen molar-refractivity contribution in [3.8, 4) is 5.75 Å². The van der Waals surface area contributed by atoms with Crippen molar-refractivity contribution in [1.29, 1.82) is 0 Å². The zero-order valence-electron chi connectivity index (χ0n) is 13.0. The Morgan fingerprint density at radius 2 is 1.71 bits per heavy atom. The molecular weight excluding hydrogens is 335 g/mol. The van der Waals surface area contributed by atoms with E-state index in [1.165, 1.54) is 24.3 Å². The number of halogens is 1. The average Bonchev–Trinajstić information content (AvgIpc) is 2.50. The van der Waals surface area contributed by atoms with Crippen molar-refractivity contribution in [3.63, 3.8) is 0 Å². The summed E-state index contributed by atoms with van der Waals surface area (Å²) in [5, 5.41) is 2.62. The van der Waals surface area contributed by atoms with Crippen LogP contribution in [-0.2, 0) is 14.8 Å². The van der Waals surface area contributed by atoms with E-state index in [-0.39, 0.29) is 30.4 Å². The minimum Gasteiger partial charge on any atom is -0.493 e. The van der Waals surface area contributed by atoms with Gasteiger partial charge in [-0.05, 0) is 36.4 Å². The number of para-hydroxylation sites is 2. The van der Waals surface area contributed by atoms with Gasteiger partial charge in [0.2, 0.25) is 15.9 Å². The smallest absolute Gasteiger partial charge is 0.229 e. The predicted molar refractivity (Wildman–Crippen MR) is 90.1 cm³/mol. The monoisotopic (exact) mass is 352 g/mol. The van der Waals surface area contributed by atoms with Crippen LogP contribution in [0.2, 0.25) is 0 Å². The van der Waals surface area contributed by atoms with E-state index >= 15 is 0 Å². The van der Waals surface area contributed by atoms with Gasteiger partial charge < -0.3 is 10.1 Å². The highest BCUT2D eigenvalue weighted by atomic mass is 32.2. The van der Waals surface area contributed by atoms with Gasteiger partial charge in [0.25, 0.3) is 0 Å². The molecule has 0 aliphatic heterocycles. The number of carbonyl (C=O) groups is 1. The molecule has 0 radical (unpaired) electrons. The van der Waals surface area contributed by atoms with E-state index in [2.05, 4.69) is 10.0 Å². The van der Waals surface area contributed by atoms with Crippen molar-refractivity contribution in [3.05, 3.63) is 54.3 Å². The second-order valence-corrected chi connectivity index (χ2v) is 6.77. The first-order chi connectivity index (χ1) is 11.3. The number of carbonyl (C=O) groups excluding carboxylic acids is 1. The Hall–Kier alpha value is -2.61. The van der Waals surface area contributed by atoms with Crippen molar-refractivity contribution in [2.45, 2.75) is 6.42 Å². The molecule has 0 aromatic heterocycles. The number of rotatable bonds is 7. The number of benzene rings is 2. The zero-order chi connectivity index (χ0) is 17.6. The summed E-state index contributed by atoms with van der Waals surface area (Å²) in [6, 6.07) is 11.9. The first kappa shape index (κ1) is 17.7. The zero-order valence-corrected chi connectivity index (χ0v) is 13.8. The van der Waals surface area contributed by atoms with Gasteiger partial charge in [-0.3, -0.25) is 9.52 Å². The van der Waals surface area contributed by atoms with Gasteiger partial charge in [0, 0.05) is 0 Å². The minimum atomic E-state index is -3.45. The topological polar surface area (TPSA) is 84.5 Å². The van der Waals surface area contributed by atoms with Gasteiger partial charge in [0.15, 0.2) is 0 Å². The van der Waals surface area contributed by atoms with Gasteiger partial charge in [-0.15, -0.1) is 0 Å². The van der Waals surface area contributed by atoms with E-state index in [1.54, 1.807) is 24.3 Å². The summed E-state index contributed by atoms with van der Waals surface area (Å²) >= 11 is 0. The van der Waals surface area contributed by atoms with E-state index in [0.717, 1.165) is 6.26 Å². The van der Waals surface area contributed by atoms with Gasteiger partial charge in [0.05, 0.1) is 30.7 Å². The molecule has 0 spiro atoms. The predicted octanol–water partition coefficient (Wildman–Crippen LogP) is 2.60. The maximum atomic E-state index is 12.8. The maximum absolute atomic E-state index is 12.8. The lowest BCUT2D eigenvalue weighted by Crippen LogP contribution is -2.17. The van der Waals surface area contributed by atoms with Gasteiger partial charge in [-0.2, -0.15) is 0 Å². The third-order valence-electron chi connectivity index (χ3n) is 2.91. The summed E-state index contributed by atoms with van der Waals surface area (Å²) in [5.41, 5.74) is 0.641. The van der Waals surface area contributed by atoms with Crippen LogP contribution in [0, 0.1) is 5.82 Å². The quantitative estimate of drug-likeness (QED) is 0.802. The molecule has 2 rings (SSSR count). The molecule has 0 aliphatic rings. The van der Waals surface area contributed by atoms with Crippen LogP contribution in [0.25, 0.3) is 0 Å². The summed E-state index contributed by atoms with van der Waals surface area (Å²) in [7, 11) is -3.45. The van der Waals surface area contributed by atoms with Crippen LogP contribution in [0.1, 0.15) is 6.42 Å². The van der Waals surface area contributed by atoms with Crippen molar-refractivity contribution in [2.75, 3.05) is 22.9 Å². The van der Waals surface area contributed by atoms with Gasteiger partial charge in [-0.1, -0.05) is 12.1 Å². The fraction of sp³-hybridized carbons (Fsp3) is 0.188. The highest BCUT2D eigenvalue weighted by Crippen LogP contribution is 2.22. The molecule has 24 heavy (non-hydrogen) atoms. The van der Waals surface area contributed by atoms with E-state index in [9.17, 15) is 17.6 Å². The van der Waals surface area contributed by atoms with Gasteiger partial charge in [-0.25, -0.2) is 12.8 Å². The molecule has 0 bridgehead atoms. The molecule has 2 aromatic carbocycles. The largest absolute Gasteiger partial charge is 0.493 e. The lowest BCUT2D eigenvalue weighted by atomic mass is 10.2. The standard InChI is InChI=1S/C16H17FN2O4S/c1-24(21,22)19-15-5-3-2-4-14(15)18-16(20)10-11-23-13-8-6-12(17)7-9-13/h2-9,19H,10-11H2,1H3,(H,18,20). The molecule has 0 heterocycles. The maximum Gasteiger partial charge on any atom is 0.229 e. The molecule has 2 N–H and O–H groups in total. The molecule has 0 atom stereocenters. The minimum absolute atomic E-state index is 0.0601. The second-order valence-electron chi connectivity index (χ2n) is 5.02. The third-order valence-corrected chi connectivity index (χ3v) is 3.50. The summed E-state index contributed by atoms with van der Waals surface area (Å²) in [6.45, 7) is 0.110. The molecule has 0 saturated heterocycles. The third kappa shape index (κ3) is 5.88. The van der Waals surface area contributed by atoms with E-state index in [0.29, 0.717) is 11.4 Å². The van der Waals surface area contributed by atoms with Crippen molar-refractivity contribution >= 4 is 27.3 Å². The molecule has 0 fully saturated rings. The number of sulfonamides is 1. The first-order valence-electron chi connectivity index (χ1n) is 7.08. The Morgan fingerprint density at radius 1 is 1.08 bits per heavy atom. The van der Waals surface area contributed by atoms with Crippen molar-refractivity contribution in [1.82, 2.24) is 0 Å². The molecule has 0 unspecified atom stereocenters. The van der Waals surface area contributed by atoms with Crippen LogP contribution in [-0.4, -0.2) is 27.2 Å². The normalized spacial score (nSPS) is 10.9. The molecule has 2 aromatic rings. The molecule has 6 nitrogen and oxygen atoms in total. The van der Waals surface area contributed by atoms with Crippen LogP contribution >= 0.6 is 0 Å². The van der Waals surface area contributed by atoms with Gasteiger partial charge in [0.1, 0.15) is 11.6 Å². The second kappa shape index (κ2) is 7.78. The Labute approximate surface area is 139 Å². The number of hydrogen-bond acceptors (Lipinski definition) is 4. The number of hydrogen-bond donors (Lipinski definition) is 2. The lowest BCUT2D eigenvalue weighted by molar-refractivity contribution is -0.116. The fourth-order valence-electron chi connectivity index (χ4n) is 1.89. The van der Waals surface area contributed by atoms with Gasteiger partial charge >= 0.3 is 0 Å². The number of amides is 1. The Bertz CT molecular complexity index is 807. The first-order valence-corrected chi connectivity index (χ1v) is 8.98. The number of ether oxygens (including phenoxy) is 1. The molecule has 0 saturated carbocycles. The Morgan fingerprint density at radius 3 is 2.33 bits per heavy atom. The average molecular weight is 352 g/mol. The van der Waals surface area contributed by atoms with Crippen molar-refractivity contribution < 1.29 is 22.3 Å². The highest BCUT2D eigenvalue weighted by Gasteiger charge is 2.10. The van der Waals surface area contributed by atoms with Crippen LogP contribution in [0.3, 0.4) is 0 Å². The lowest BCUT2D eigenvalue weighted by Gasteiger charge is -2.12. The Kier molecular flexibility index (Phi) is 5.75. The summed E-state index contributed by atoms with van der Waals surface area (Å²) in [5.74, 6) is -0.238. The summed E-state index contributed by atoms with van der Waals surface area (Å²) in [6.07, 6.45) is 1.09. The number of anilines is 2. The van der Waals surface area contributed by atoms with Crippen LogP contribution in [0.5, 0.6) is 5.75 Å². The highest BCUT2D eigenvalue weighted by molar-refractivity contribution is 7.92. The molecule has 1 amide bonds. The van der Waals surface area contributed by atoms with E-state index < -0.39 is 10.0 Å². The molecule has 0 aliphatic carbocycles. The SMILES string of the molecule is CS(=O)(=O)Nc1ccccc1NC(=O)CCOc1ccc(F)cc1. The number of nitrogens with one attached hydrogen (secondary N) is 2. The fourth-order valence-corrected chi connectivity index (χ4v) is 2.46.